The SMILES string of the molecule is c1ccc(N2Cc3nc(CN4CCCCC4)nn3-c3ccccc32)cc1. The van der Waals surface area contributed by atoms with Gasteiger partial charge in [0.1, 0.15) is 0 Å². The third-order valence-electron chi connectivity index (χ3n) is 5.30. The minimum atomic E-state index is 0.744. The molecule has 26 heavy (non-hydrogen) atoms. The summed E-state index contributed by atoms with van der Waals surface area (Å²) in [5.41, 5.74) is 3.47. The van der Waals surface area contributed by atoms with Crippen LogP contribution in [0.4, 0.5) is 11.4 Å². The highest BCUT2D eigenvalue weighted by molar-refractivity contribution is 5.73. The van der Waals surface area contributed by atoms with E-state index < -0.39 is 0 Å². The van der Waals surface area contributed by atoms with Crippen LogP contribution in [-0.4, -0.2) is 32.8 Å². The van der Waals surface area contributed by atoms with E-state index >= 15 is 0 Å². The van der Waals surface area contributed by atoms with E-state index in [0.29, 0.717) is 0 Å². The Labute approximate surface area is 153 Å². The topological polar surface area (TPSA) is 37.2 Å². The van der Waals surface area contributed by atoms with Crippen LogP contribution in [0.15, 0.2) is 54.6 Å². The number of hydrogen-bond donors (Lipinski definition) is 0. The van der Waals surface area contributed by atoms with Crippen LogP contribution in [0, 0.1) is 0 Å². The van der Waals surface area contributed by atoms with E-state index in [1.165, 1.54) is 30.6 Å². The molecular formula is C21H23N5. The van der Waals surface area contributed by atoms with Crippen molar-refractivity contribution >= 4 is 11.4 Å². The van der Waals surface area contributed by atoms with Crippen LogP contribution >= 0.6 is 0 Å². The van der Waals surface area contributed by atoms with Gasteiger partial charge in [-0.3, -0.25) is 4.90 Å². The largest absolute Gasteiger partial charge is 0.332 e. The summed E-state index contributed by atoms with van der Waals surface area (Å²) in [6.07, 6.45) is 3.93. The number of likely N-dealkylation sites (tertiary alicyclic amines) is 1. The Bertz CT molecular complexity index is 896. The van der Waals surface area contributed by atoms with Crippen molar-refractivity contribution in [2.75, 3.05) is 18.0 Å². The second-order valence-corrected chi connectivity index (χ2v) is 7.10. The molecule has 3 heterocycles. The molecule has 5 rings (SSSR count). The Morgan fingerprint density at radius 1 is 0.808 bits per heavy atom. The second-order valence-electron chi connectivity index (χ2n) is 7.10. The van der Waals surface area contributed by atoms with E-state index in [9.17, 15) is 0 Å². The van der Waals surface area contributed by atoms with Gasteiger partial charge in [-0.15, -0.1) is 5.10 Å². The highest BCUT2D eigenvalue weighted by Gasteiger charge is 2.26. The maximum Gasteiger partial charge on any atom is 0.165 e. The summed E-state index contributed by atoms with van der Waals surface area (Å²) in [5, 5.41) is 4.85. The van der Waals surface area contributed by atoms with Crippen LogP contribution in [0.25, 0.3) is 5.69 Å². The van der Waals surface area contributed by atoms with E-state index in [4.69, 9.17) is 10.1 Å². The van der Waals surface area contributed by atoms with Crippen LogP contribution in [-0.2, 0) is 13.1 Å². The zero-order chi connectivity index (χ0) is 17.3. The number of para-hydroxylation sites is 3. The third kappa shape index (κ3) is 2.78. The average molecular weight is 345 g/mol. The van der Waals surface area contributed by atoms with Crippen LogP contribution in [0.5, 0.6) is 0 Å². The van der Waals surface area contributed by atoms with Gasteiger partial charge in [-0.25, -0.2) is 9.67 Å². The molecule has 3 aromatic rings. The summed E-state index contributed by atoms with van der Waals surface area (Å²) in [6, 6.07) is 19.0. The van der Waals surface area contributed by atoms with Gasteiger partial charge in [0.15, 0.2) is 11.6 Å². The lowest BCUT2D eigenvalue weighted by molar-refractivity contribution is 0.216. The number of rotatable bonds is 3. The molecule has 1 aromatic heterocycles. The first kappa shape index (κ1) is 15.6. The Hall–Kier alpha value is -2.66. The molecule has 0 amide bonds. The first-order valence-corrected chi connectivity index (χ1v) is 9.48. The minimum absolute atomic E-state index is 0.744. The van der Waals surface area contributed by atoms with E-state index in [2.05, 4.69) is 64.4 Å². The van der Waals surface area contributed by atoms with Crippen LogP contribution < -0.4 is 4.90 Å². The maximum absolute atomic E-state index is 4.89. The van der Waals surface area contributed by atoms with Gasteiger partial charge in [-0.2, -0.15) is 0 Å². The summed E-state index contributed by atoms with van der Waals surface area (Å²) in [5.74, 6) is 1.95. The third-order valence-corrected chi connectivity index (χ3v) is 5.30. The lowest BCUT2D eigenvalue weighted by atomic mass is 10.1. The first-order chi connectivity index (χ1) is 12.9. The predicted molar refractivity (Wildman–Crippen MR) is 103 cm³/mol. The summed E-state index contributed by atoms with van der Waals surface area (Å²) < 4.78 is 2.04. The van der Waals surface area contributed by atoms with E-state index in [1.54, 1.807) is 0 Å². The normalized spacial score (nSPS) is 17.0. The lowest BCUT2D eigenvalue weighted by Gasteiger charge is -2.30. The van der Waals surface area contributed by atoms with Crippen molar-refractivity contribution in [2.24, 2.45) is 0 Å². The van der Waals surface area contributed by atoms with E-state index in [1.807, 2.05) is 4.68 Å². The Morgan fingerprint density at radius 2 is 1.54 bits per heavy atom. The quantitative estimate of drug-likeness (QED) is 0.721. The lowest BCUT2D eigenvalue weighted by Crippen LogP contribution is -2.29. The standard InChI is InChI=1S/C21H23N5/c1-3-9-17(10-4-1)25-16-21-22-20(15-24-13-7-2-8-14-24)23-26(21)19-12-6-5-11-18(19)25/h1,3-6,9-12H,2,7-8,13-16H2. The average Bonchev–Trinajstić information content (AvgIpc) is 3.11. The number of piperidine rings is 1. The number of nitrogens with zero attached hydrogens (tertiary/aromatic N) is 5. The molecule has 1 fully saturated rings. The van der Waals surface area contributed by atoms with Crippen molar-refractivity contribution in [1.82, 2.24) is 19.7 Å². The van der Waals surface area contributed by atoms with Crippen molar-refractivity contribution < 1.29 is 0 Å². The molecule has 2 aliphatic rings. The molecule has 0 saturated carbocycles. The van der Waals surface area contributed by atoms with Crippen LogP contribution in [0.1, 0.15) is 30.9 Å². The predicted octanol–water partition coefficient (Wildman–Crippen LogP) is 3.90. The van der Waals surface area contributed by atoms with Gasteiger partial charge in [0.25, 0.3) is 0 Å². The fraction of sp³-hybridized carbons (Fsp3) is 0.333. The molecule has 5 heteroatoms. The minimum Gasteiger partial charge on any atom is -0.332 e. The number of aromatic nitrogens is 3. The molecule has 132 valence electrons. The smallest absolute Gasteiger partial charge is 0.165 e. The summed E-state index contributed by atoms with van der Waals surface area (Å²) in [4.78, 5) is 9.69. The number of benzene rings is 2. The highest BCUT2D eigenvalue weighted by atomic mass is 15.4. The monoisotopic (exact) mass is 345 g/mol. The van der Waals surface area contributed by atoms with Gasteiger partial charge in [0, 0.05) is 5.69 Å². The summed E-state index contributed by atoms with van der Waals surface area (Å²) in [7, 11) is 0. The molecule has 2 aliphatic heterocycles. The molecular weight excluding hydrogens is 322 g/mol. The van der Waals surface area contributed by atoms with Gasteiger partial charge in [-0.05, 0) is 50.2 Å². The number of fused-ring (bicyclic) bond motifs is 3. The fourth-order valence-electron chi connectivity index (χ4n) is 4.01. The van der Waals surface area contributed by atoms with Gasteiger partial charge < -0.3 is 4.90 Å². The van der Waals surface area contributed by atoms with Crippen molar-refractivity contribution in [3.63, 3.8) is 0 Å². The van der Waals surface area contributed by atoms with Crippen molar-refractivity contribution in [2.45, 2.75) is 32.4 Å². The van der Waals surface area contributed by atoms with Gasteiger partial charge in [0.05, 0.1) is 24.5 Å². The molecule has 0 N–H and O–H groups in total. The zero-order valence-corrected chi connectivity index (χ0v) is 14.9. The second kappa shape index (κ2) is 6.57. The van der Waals surface area contributed by atoms with Crippen LogP contribution in [0.2, 0.25) is 0 Å². The molecule has 0 unspecified atom stereocenters. The highest BCUT2D eigenvalue weighted by Crippen LogP contribution is 2.36. The fourth-order valence-corrected chi connectivity index (χ4v) is 4.01. The molecule has 2 aromatic carbocycles. The van der Waals surface area contributed by atoms with E-state index in [-0.39, 0.29) is 0 Å². The van der Waals surface area contributed by atoms with E-state index in [0.717, 1.165) is 43.5 Å². The first-order valence-electron chi connectivity index (χ1n) is 9.48. The molecule has 0 spiro atoms. The summed E-state index contributed by atoms with van der Waals surface area (Å²) >= 11 is 0. The Kier molecular flexibility index (Phi) is 3.94. The molecule has 0 aliphatic carbocycles. The maximum atomic E-state index is 4.89. The molecule has 5 nitrogen and oxygen atoms in total. The number of hydrogen-bond acceptors (Lipinski definition) is 4. The van der Waals surface area contributed by atoms with Crippen molar-refractivity contribution in [1.29, 1.82) is 0 Å². The molecule has 0 radical (unpaired) electrons. The summed E-state index contributed by atoms with van der Waals surface area (Å²) in [6.45, 7) is 3.93. The molecule has 0 atom stereocenters. The van der Waals surface area contributed by atoms with Gasteiger partial charge in [-0.1, -0.05) is 36.8 Å². The Morgan fingerprint density at radius 3 is 2.35 bits per heavy atom. The van der Waals surface area contributed by atoms with Gasteiger partial charge >= 0.3 is 0 Å². The van der Waals surface area contributed by atoms with Crippen molar-refractivity contribution in [3.05, 3.63) is 66.2 Å². The number of anilines is 2. The van der Waals surface area contributed by atoms with Crippen molar-refractivity contribution in [3.8, 4) is 5.69 Å². The Balaban J connectivity index is 1.51. The molecule has 1 saturated heterocycles. The van der Waals surface area contributed by atoms with Gasteiger partial charge in [0.2, 0.25) is 0 Å². The zero-order valence-electron chi connectivity index (χ0n) is 14.9. The van der Waals surface area contributed by atoms with Crippen LogP contribution in [0.3, 0.4) is 0 Å². The molecule has 0 bridgehead atoms.